The Bertz CT molecular complexity index is 611. The van der Waals surface area contributed by atoms with E-state index in [1.165, 1.54) is 19.2 Å². The van der Waals surface area contributed by atoms with Crippen LogP contribution < -0.4 is 10.1 Å². The predicted octanol–water partition coefficient (Wildman–Crippen LogP) is 2.92. The first kappa shape index (κ1) is 13.7. The number of ether oxygens (including phenoxy) is 1. The second-order valence-corrected chi connectivity index (χ2v) is 4.16. The van der Waals surface area contributed by atoms with Gasteiger partial charge in [0.05, 0.1) is 12.0 Å². The highest BCUT2D eigenvalue weighted by Crippen LogP contribution is 2.26. The number of nitro benzene ring substituents is 1. The second kappa shape index (κ2) is 5.92. The summed E-state index contributed by atoms with van der Waals surface area (Å²) in [7, 11) is 1.49. The van der Waals surface area contributed by atoms with Crippen molar-refractivity contribution in [1.82, 2.24) is 0 Å². The molecule has 0 heterocycles. The molecule has 0 saturated carbocycles. The Labute approximate surface area is 115 Å². The molecule has 2 N–H and O–H groups in total. The van der Waals surface area contributed by atoms with Crippen LogP contribution in [0.4, 0.5) is 11.4 Å². The smallest absolute Gasteiger partial charge is 0.269 e. The molecule has 0 aliphatic carbocycles. The van der Waals surface area contributed by atoms with Crippen molar-refractivity contribution in [2.45, 2.75) is 6.54 Å². The summed E-state index contributed by atoms with van der Waals surface area (Å²) in [6, 6.07) is 11.3. The fourth-order valence-electron chi connectivity index (χ4n) is 1.75. The minimum atomic E-state index is -0.439. The Balaban J connectivity index is 2.01. The number of nitrogens with one attached hydrogen (secondary N) is 1. The number of methoxy groups -OCH3 is 1. The summed E-state index contributed by atoms with van der Waals surface area (Å²) in [6.07, 6.45) is 0. The standard InChI is InChI=1S/C14H14N2O4/c1-20-14-7-2-10(8-13(14)17)9-15-11-3-5-12(6-4-11)16(18)19/h2-8,15,17H,9H2,1H3. The number of benzene rings is 2. The van der Waals surface area contributed by atoms with Gasteiger partial charge in [-0.05, 0) is 29.8 Å². The van der Waals surface area contributed by atoms with Crippen molar-refractivity contribution in [3.05, 3.63) is 58.1 Å². The number of aromatic hydroxyl groups is 1. The van der Waals surface area contributed by atoms with Gasteiger partial charge in [-0.1, -0.05) is 6.07 Å². The van der Waals surface area contributed by atoms with Crippen molar-refractivity contribution in [3.8, 4) is 11.5 Å². The lowest BCUT2D eigenvalue weighted by Gasteiger charge is -2.08. The molecular weight excluding hydrogens is 260 g/mol. The first-order chi connectivity index (χ1) is 9.60. The van der Waals surface area contributed by atoms with Crippen LogP contribution >= 0.6 is 0 Å². The maximum Gasteiger partial charge on any atom is 0.269 e. The zero-order chi connectivity index (χ0) is 14.5. The van der Waals surface area contributed by atoms with Crippen molar-refractivity contribution >= 4 is 11.4 Å². The van der Waals surface area contributed by atoms with Gasteiger partial charge >= 0.3 is 0 Å². The minimum absolute atomic E-state index is 0.0534. The lowest BCUT2D eigenvalue weighted by Crippen LogP contribution is -1.99. The third kappa shape index (κ3) is 3.17. The van der Waals surface area contributed by atoms with Gasteiger partial charge in [-0.25, -0.2) is 0 Å². The average Bonchev–Trinajstić information content (AvgIpc) is 2.45. The lowest BCUT2D eigenvalue weighted by atomic mass is 10.2. The lowest BCUT2D eigenvalue weighted by molar-refractivity contribution is -0.384. The molecule has 6 heteroatoms. The maximum atomic E-state index is 10.5. The summed E-state index contributed by atoms with van der Waals surface area (Å²) in [5, 5.41) is 23.3. The summed E-state index contributed by atoms with van der Waals surface area (Å²) in [4.78, 5) is 10.1. The molecule has 0 spiro atoms. The van der Waals surface area contributed by atoms with Crippen LogP contribution in [-0.2, 0) is 6.54 Å². The van der Waals surface area contributed by atoms with Crippen LogP contribution in [0.5, 0.6) is 11.5 Å². The van der Waals surface area contributed by atoms with Crippen molar-refractivity contribution in [2.24, 2.45) is 0 Å². The van der Waals surface area contributed by atoms with E-state index in [1.54, 1.807) is 24.3 Å². The SMILES string of the molecule is COc1ccc(CNc2ccc([N+](=O)[O-])cc2)cc1O. The summed E-state index contributed by atoms with van der Waals surface area (Å²) in [5.74, 6) is 0.500. The van der Waals surface area contributed by atoms with Gasteiger partial charge in [0, 0.05) is 24.4 Å². The normalized spacial score (nSPS) is 10.1. The largest absolute Gasteiger partial charge is 0.504 e. The fourth-order valence-corrected chi connectivity index (χ4v) is 1.75. The van der Waals surface area contributed by atoms with Crippen molar-refractivity contribution in [3.63, 3.8) is 0 Å². The number of rotatable bonds is 5. The third-order valence-corrected chi connectivity index (χ3v) is 2.82. The highest BCUT2D eigenvalue weighted by atomic mass is 16.6. The zero-order valence-electron chi connectivity index (χ0n) is 10.9. The number of nitrogens with zero attached hydrogens (tertiary/aromatic N) is 1. The number of phenolic OH excluding ortho intramolecular Hbond substituents is 1. The van der Waals surface area contributed by atoms with E-state index in [1.807, 2.05) is 6.07 Å². The van der Waals surface area contributed by atoms with E-state index in [-0.39, 0.29) is 11.4 Å². The van der Waals surface area contributed by atoms with Gasteiger partial charge in [-0.2, -0.15) is 0 Å². The minimum Gasteiger partial charge on any atom is -0.504 e. The van der Waals surface area contributed by atoms with Crippen molar-refractivity contribution in [2.75, 3.05) is 12.4 Å². The van der Waals surface area contributed by atoms with Crippen LogP contribution in [0.15, 0.2) is 42.5 Å². The van der Waals surface area contributed by atoms with Gasteiger partial charge in [0.1, 0.15) is 0 Å². The molecule has 0 aromatic heterocycles. The maximum absolute atomic E-state index is 10.5. The van der Waals surface area contributed by atoms with E-state index in [0.717, 1.165) is 11.3 Å². The van der Waals surface area contributed by atoms with E-state index >= 15 is 0 Å². The molecule has 104 valence electrons. The van der Waals surface area contributed by atoms with E-state index in [9.17, 15) is 15.2 Å². The second-order valence-electron chi connectivity index (χ2n) is 4.16. The van der Waals surface area contributed by atoms with Crippen LogP contribution in [-0.4, -0.2) is 17.1 Å². The molecule has 2 rings (SSSR count). The number of nitro groups is 1. The Morgan fingerprint density at radius 1 is 1.25 bits per heavy atom. The average molecular weight is 274 g/mol. The number of hydrogen-bond acceptors (Lipinski definition) is 5. The molecule has 6 nitrogen and oxygen atoms in total. The predicted molar refractivity (Wildman–Crippen MR) is 75.1 cm³/mol. The van der Waals surface area contributed by atoms with Crippen LogP contribution in [0.1, 0.15) is 5.56 Å². The Morgan fingerprint density at radius 2 is 1.95 bits per heavy atom. The van der Waals surface area contributed by atoms with E-state index in [4.69, 9.17) is 4.74 Å². The highest BCUT2D eigenvalue weighted by Gasteiger charge is 2.05. The fraction of sp³-hybridized carbons (Fsp3) is 0.143. The number of phenols is 1. The Kier molecular flexibility index (Phi) is 4.05. The van der Waals surface area contributed by atoms with E-state index < -0.39 is 4.92 Å². The molecule has 0 aliphatic heterocycles. The topological polar surface area (TPSA) is 84.6 Å². The number of anilines is 1. The first-order valence-electron chi connectivity index (χ1n) is 5.94. The van der Waals surface area contributed by atoms with Gasteiger partial charge in [-0.3, -0.25) is 10.1 Å². The van der Waals surface area contributed by atoms with Crippen molar-refractivity contribution < 1.29 is 14.8 Å². The quantitative estimate of drug-likeness (QED) is 0.646. The number of non-ortho nitro benzene ring substituents is 1. The monoisotopic (exact) mass is 274 g/mol. The summed E-state index contributed by atoms with van der Waals surface area (Å²) < 4.78 is 4.96. The Morgan fingerprint density at radius 3 is 2.50 bits per heavy atom. The van der Waals surface area contributed by atoms with Gasteiger partial charge in [0.2, 0.25) is 0 Å². The molecular formula is C14H14N2O4. The molecule has 2 aromatic carbocycles. The molecule has 0 atom stereocenters. The van der Waals surface area contributed by atoms with Gasteiger partial charge in [0.25, 0.3) is 5.69 Å². The van der Waals surface area contributed by atoms with E-state index in [0.29, 0.717) is 12.3 Å². The number of hydrogen-bond donors (Lipinski definition) is 2. The van der Waals surface area contributed by atoms with Crippen LogP contribution in [0.2, 0.25) is 0 Å². The molecule has 0 fully saturated rings. The molecule has 0 radical (unpaired) electrons. The van der Waals surface area contributed by atoms with Crippen LogP contribution in [0.25, 0.3) is 0 Å². The Hall–Kier alpha value is -2.76. The van der Waals surface area contributed by atoms with Crippen LogP contribution in [0.3, 0.4) is 0 Å². The molecule has 0 aliphatic rings. The third-order valence-electron chi connectivity index (χ3n) is 2.82. The van der Waals surface area contributed by atoms with Gasteiger partial charge < -0.3 is 15.2 Å². The molecule has 0 saturated heterocycles. The molecule has 0 bridgehead atoms. The zero-order valence-corrected chi connectivity index (χ0v) is 10.9. The first-order valence-corrected chi connectivity index (χ1v) is 5.94. The van der Waals surface area contributed by atoms with Crippen molar-refractivity contribution in [1.29, 1.82) is 0 Å². The van der Waals surface area contributed by atoms with Gasteiger partial charge in [-0.15, -0.1) is 0 Å². The highest BCUT2D eigenvalue weighted by molar-refractivity contribution is 5.49. The summed E-state index contributed by atoms with van der Waals surface area (Å²) in [5.41, 5.74) is 1.70. The van der Waals surface area contributed by atoms with Crippen LogP contribution in [0, 0.1) is 10.1 Å². The molecule has 20 heavy (non-hydrogen) atoms. The molecule has 0 unspecified atom stereocenters. The molecule has 0 amide bonds. The molecule has 2 aromatic rings. The summed E-state index contributed by atoms with van der Waals surface area (Å²) >= 11 is 0. The summed E-state index contributed by atoms with van der Waals surface area (Å²) in [6.45, 7) is 0.495. The van der Waals surface area contributed by atoms with E-state index in [2.05, 4.69) is 5.32 Å². The van der Waals surface area contributed by atoms with Gasteiger partial charge in [0.15, 0.2) is 11.5 Å².